The van der Waals surface area contributed by atoms with Crippen molar-refractivity contribution in [3.8, 4) is 0 Å². The number of carboxylic acids is 2. The summed E-state index contributed by atoms with van der Waals surface area (Å²) in [6.07, 6.45) is 1.45. The average Bonchev–Trinajstić information content (AvgIpc) is 3.09. The van der Waals surface area contributed by atoms with Gasteiger partial charge in [-0.25, -0.2) is 9.59 Å². The van der Waals surface area contributed by atoms with Gasteiger partial charge in [-0.05, 0) is 24.5 Å². The normalized spacial score (nSPS) is 17.8. The van der Waals surface area contributed by atoms with Gasteiger partial charge in [-0.2, -0.15) is 0 Å². The van der Waals surface area contributed by atoms with Gasteiger partial charge in [0.05, 0.1) is 23.8 Å². The highest BCUT2D eigenvalue weighted by Gasteiger charge is 2.24. The van der Waals surface area contributed by atoms with Crippen molar-refractivity contribution in [2.24, 2.45) is 0 Å². The Bertz CT molecular complexity index is 462. The lowest BCUT2D eigenvalue weighted by atomic mass is 9.97. The van der Waals surface area contributed by atoms with Gasteiger partial charge in [0, 0.05) is 0 Å². The number of rotatable bonds is 5. The number of ether oxygens (including phenoxy) is 1. The number of benzene rings is 1. The summed E-state index contributed by atoms with van der Waals surface area (Å²) in [6, 6.07) is 4.53. The minimum absolute atomic E-state index is 0.111. The minimum Gasteiger partial charge on any atom is -0.478 e. The highest BCUT2D eigenvalue weighted by Crippen LogP contribution is 2.21. The maximum absolute atomic E-state index is 11.1. The molecule has 2 rings (SSSR count). The molecule has 2 N–H and O–H groups in total. The average molecular weight is 236 g/mol. The fourth-order valence-corrected chi connectivity index (χ4v) is 1.79. The third-order valence-electron chi connectivity index (χ3n) is 2.73. The van der Waals surface area contributed by atoms with E-state index < -0.39 is 11.9 Å². The predicted octanol–water partition coefficient (Wildman–Crippen LogP) is 1.41. The molecule has 0 radical (unpaired) electrons. The van der Waals surface area contributed by atoms with E-state index in [-0.39, 0.29) is 17.2 Å². The molecule has 0 bridgehead atoms. The Hall–Kier alpha value is -1.88. The summed E-state index contributed by atoms with van der Waals surface area (Å²) < 4.78 is 5.04. The molecule has 1 atom stereocenters. The highest BCUT2D eigenvalue weighted by atomic mass is 16.6. The molecule has 1 saturated heterocycles. The number of carboxylic acid groups (broad SMARTS) is 2. The van der Waals surface area contributed by atoms with Crippen molar-refractivity contribution in [1.82, 2.24) is 0 Å². The second-order valence-corrected chi connectivity index (χ2v) is 3.94. The van der Waals surface area contributed by atoms with Crippen LogP contribution in [-0.4, -0.2) is 34.9 Å². The van der Waals surface area contributed by atoms with Crippen molar-refractivity contribution in [1.29, 1.82) is 0 Å². The number of aryl methyl sites for hydroxylation is 1. The minimum atomic E-state index is -1.22. The molecule has 5 nitrogen and oxygen atoms in total. The van der Waals surface area contributed by atoms with Crippen molar-refractivity contribution in [3.05, 3.63) is 34.9 Å². The first kappa shape index (κ1) is 11.6. The molecule has 1 aliphatic heterocycles. The van der Waals surface area contributed by atoms with Gasteiger partial charge in [-0.15, -0.1) is 0 Å². The van der Waals surface area contributed by atoms with Gasteiger partial charge in [0.25, 0.3) is 0 Å². The highest BCUT2D eigenvalue weighted by molar-refractivity contribution is 6.02. The molecule has 1 unspecified atom stereocenters. The molecule has 17 heavy (non-hydrogen) atoms. The van der Waals surface area contributed by atoms with Crippen LogP contribution in [0.3, 0.4) is 0 Å². The van der Waals surface area contributed by atoms with Gasteiger partial charge in [0.2, 0.25) is 0 Å². The molecule has 1 fully saturated rings. The van der Waals surface area contributed by atoms with E-state index in [0.717, 1.165) is 6.42 Å². The van der Waals surface area contributed by atoms with E-state index >= 15 is 0 Å². The fraction of sp³-hybridized carbons (Fsp3) is 0.333. The van der Waals surface area contributed by atoms with Gasteiger partial charge in [0.15, 0.2) is 0 Å². The van der Waals surface area contributed by atoms with E-state index in [4.69, 9.17) is 14.9 Å². The van der Waals surface area contributed by atoms with Gasteiger partial charge in [0.1, 0.15) is 0 Å². The van der Waals surface area contributed by atoms with E-state index in [1.165, 1.54) is 6.07 Å². The standard InChI is InChI=1S/C12H12O5/c13-11(14)9-3-1-2-7(10(9)12(15)16)4-5-8-6-17-8/h1-3,8H,4-6H2,(H,13,14)(H,15,16). The maximum Gasteiger partial charge on any atom is 0.336 e. The van der Waals surface area contributed by atoms with Crippen LogP contribution in [0, 0.1) is 0 Å². The smallest absolute Gasteiger partial charge is 0.336 e. The molecule has 0 aromatic heterocycles. The van der Waals surface area contributed by atoms with Crippen LogP contribution in [0.25, 0.3) is 0 Å². The predicted molar refractivity (Wildman–Crippen MR) is 58.4 cm³/mol. The van der Waals surface area contributed by atoms with Gasteiger partial charge >= 0.3 is 11.9 Å². The lowest BCUT2D eigenvalue weighted by Crippen LogP contribution is -2.11. The van der Waals surface area contributed by atoms with Crippen LogP contribution < -0.4 is 0 Å². The van der Waals surface area contributed by atoms with Crippen LogP contribution in [0.1, 0.15) is 32.7 Å². The number of aromatic carboxylic acids is 2. The summed E-state index contributed by atoms with van der Waals surface area (Å²) in [5.74, 6) is -2.42. The molecule has 5 heteroatoms. The quantitative estimate of drug-likeness (QED) is 0.755. The number of hydrogen-bond acceptors (Lipinski definition) is 3. The van der Waals surface area contributed by atoms with Crippen molar-refractivity contribution in [3.63, 3.8) is 0 Å². The van der Waals surface area contributed by atoms with Crippen molar-refractivity contribution in [2.75, 3.05) is 6.61 Å². The van der Waals surface area contributed by atoms with E-state index in [2.05, 4.69) is 0 Å². The van der Waals surface area contributed by atoms with Gasteiger partial charge in [-0.3, -0.25) is 0 Å². The van der Waals surface area contributed by atoms with Crippen LogP contribution in [0.2, 0.25) is 0 Å². The van der Waals surface area contributed by atoms with Gasteiger partial charge in [-0.1, -0.05) is 12.1 Å². The molecule has 1 aromatic rings. The maximum atomic E-state index is 11.1. The Kier molecular flexibility index (Phi) is 3.10. The van der Waals surface area contributed by atoms with Crippen molar-refractivity contribution in [2.45, 2.75) is 18.9 Å². The van der Waals surface area contributed by atoms with Crippen LogP contribution >= 0.6 is 0 Å². The van der Waals surface area contributed by atoms with E-state index in [1.807, 2.05) is 0 Å². The Morgan fingerprint density at radius 3 is 2.53 bits per heavy atom. The summed E-state index contributed by atoms with van der Waals surface area (Å²) in [6.45, 7) is 0.709. The first-order chi connectivity index (χ1) is 8.09. The summed E-state index contributed by atoms with van der Waals surface area (Å²) in [5.41, 5.74) is 0.278. The van der Waals surface area contributed by atoms with Crippen LogP contribution in [0.15, 0.2) is 18.2 Å². The third kappa shape index (κ3) is 2.62. The topological polar surface area (TPSA) is 87.1 Å². The van der Waals surface area contributed by atoms with E-state index in [0.29, 0.717) is 18.6 Å². The second-order valence-electron chi connectivity index (χ2n) is 3.94. The fourth-order valence-electron chi connectivity index (χ4n) is 1.79. The van der Waals surface area contributed by atoms with Crippen molar-refractivity contribution < 1.29 is 24.5 Å². The first-order valence-corrected chi connectivity index (χ1v) is 5.29. The van der Waals surface area contributed by atoms with Crippen molar-refractivity contribution >= 4 is 11.9 Å². The molecule has 1 aliphatic rings. The summed E-state index contributed by atoms with van der Waals surface area (Å²) >= 11 is 0. The van der Waals surface area contributed by atoms with E-state index in [9.17, 15) is 9.59 Å². The molecule has 0 aliphatic carbocycles. The van der Waals surface area contributed by atoms with E-state index in [1.54, 1.807) is 12.1 Å². The monoisotopic (exact) mass is 236 g/mol. The Morgan fingerprint density at radius 2 is 2.00 bits per heavy atom. The summed E-state index contributed by atoms with van der Waals surface area (Å²) in [7, 11) is 0. The Labute approximate surface area is 97.6 Å². The second kappa shape index (κ2) is 4.55. The number of carbonyl (C=O) groups is 2. The Balaban J connectivity index is 2.31. The van der Waals surface area contributed by atoms with Crippen LogP contribution in [-0.2, 0) is 11.2 Å². The molecular weight excluding hydrogens is 224 g/mol. The molecule has 0 amide bonds. The Morgan fingerprint density at radius 1 is 1.29 bits per heavy atom. The summed E-state index contributed by atoms with van der Waals surface area (Å²) in [5, 5.41) is 18.0. The number of hydrogen-bond donors (Lipinski definition) is 2. The first-order valence-electron chi connectivity index (χ1n) is 5.29. The molecule has 0 spiro atoms. The third-order valence-corrected chi connectivity index (χ3v) is 2.73. The molecule has 90 valence electrons. The summed E-state index contributed by atoms with van der Waals surface area (Å²) in [4.78, 5) is 22.1. The molecule has 1 heterocycles. The zero-order valence-electron chi connectivity index (χ0n) is 9.05. The SMILES string of the molecule is O=C(O)c1cccc(CCC2CO2)c1C(=O)O. The van der Waals surface area contributed by atoms with Crippen LogP contribution in [0.4, 0.5) is 0 Å². The lowest BCUT2D eigenvalue weighted by Gasteiger charge is -2.08. The van der Waals surface area contributed by atoms with Crippen LogP contribution in [0.5, 0.6) is 0 Å². The molecule has 0 saturated carbocycles. The zero-order valence-corrected chi connectivity index (χ0v) is 9.05. The van der Waals surface area contributed by atoms with Gasteiger partial charge < -0.3 is 14.9 Å². The lowest BCUT2D eigenvalue weighted by molar-refractivity contribution is 0.0650. The zero-order chi connectivity index (χ0) is 12.4. The largest absolute Gasteiger partial charge is 0.478 e. The molecular formula is C12H12O5. The molecule has 1 aromatic carbocycles. The number of epoxide rings is 1.